The summed E-state index contributed by atoms with van der Waals surface area (Å²) < 4.78 is 4.90. The summed E-state index contributed by atoms with van der Waals surface area (Å²) in [6, 6.07) is 60.2. The molecule has 2 aromatic heterocycles. The number of fused-ring (bicyclic) bond motifs is 4. The van der Waals surface area contributed by atoms with Crippen molar-refractivity contribution in [2.75, 3.05) is 0 Å². The summed E-state index contributed by atoms with van der Waals surface area (Å²) in [6.07, 6.45) is 8.86. The van der Waals surface area contributed by atoms with Gasteiger partial charge in [0.2, 0.25) is 0 Å². The molecule has 1 aliphatic rings. The monoisotopic (exact) mass is 638 g/mol. The molecule has 236 valence electrons. The molecule has 2 nitrogen and oxygen atoms in total. The van der Waals surface area contributed by atoms with Crippen molar-refractivity contribution in [3.8, 4) is 33.8 Å². The van der Waals surface area contributed by atoms with Gasteiger partial charge in [-0.2, -0.15) is 0 Å². The maximum Gasteiger partial charge on any atom is 0.0541 e. The van der Waals surface area contributed by atoms with E-state index in [1.54, 1.807) is 0 Å². The van der Waals surface area contributed by atoms with Crippen molar-refractivity contribution in [3.63, 3.8) is 0 Å². The minimum absolute atomic E-state index is 1.04. The van der Waals surface area contributed by atoms with Crippen LogP contribution in [0.4, 0.5) is 0 Å². The van der Waals surface area contributed by atoms with Crippen LogP contribution in [0.1, 0.15) is 18.5 Å². The van der Waals surface area contributed by atoms with Crippen molar-refractivity contribution in [2.45, 2.75) is 12.8 Å². The molecule has 0 saturated carbocycles. The quantitative estimate of drug-likeness (QED) is 0.178. The number of allylic oxidation sites excluding steroid dienone is 4. The summed E-state index contributed by atoms with van der Waals surface area (Å²) in [5, 5.41) is 7.46. The molecule has 50 heavy (non-hydrogen) atoms. The summed E-state index contributed by atoms with van der Waals surface area (Å²) in [7, 11) is 0. The Morgan fingerprint density at radius 1 is 0.380 bits per heavy atom. The van der Waals surface area contributed by atoms with Crippen molar-refractivity contribution in [1.29, 1.82) is 0 Å². The highest BCUT2D eigenvalue weighted by Gasteiger charge is 2.18. The Hall–Kier alpha value is -6.38. The van der Waals surface area contributed by atoms with Gasteiger partial charge in [0, 0.05) is 22.1 Å². The SMILES string of the molecule is C1=CCCC(c2cc3ccc(-c4ccc5cc(-c6ccccc6)n(-c6ccc7ccccc7c6)c5c4)cc3n2-c2ccc3ccccc3c2)=C1. The number of aromatic nitrogens is 2. The first-order valence-corrected chi connectivity index (χ1v) is 17.5. The van der Waals surface area contributed by atoms with Crippen LogP contribution in [-0.2, 0) is 0 Å². The number of nitrogens with zero attached hydrogens (tertiary/aromatic N) is 2. The molecule has 2 heterocycles. The van der Waals surface area contributed by atoms with Gasteiger partial charge in [0.1, 0.15) is 0 Å². The molecule has 0 spiro atoms. The third kappa shape index (κ3) is 4.80. The summed E-state index contributed by atoms with van der Waals surface area (Å²) in [4.78, 5) is 0. The fourth-order valence-electron chi connectivity index (χ4n) is 7.82. The zero-order chi connectivity index (χ0) is 33.0. The van der Waals surface area contributed by atoms with Gasteiger partial charge in [-0.25, -0.2) is 0 Å². The highest BCUT2D eigenvalue weighted by Crippen LogP contribution is 2.38. The topological polar surface area (TPSA) is 9.86 Å². The van der Waals surface area contributed by atoms with Crippen LogP contribution in [0.25, 0.3) is 82.7 Å². The van der Waals surface area contributed by atoms with Crippen LogP contribution in [0.2, 0.25) is 0 Å². The lowest BCUT2D eigenvalue weighted by atomic mass is 10.0. The second-order valence-corrected chi connectivity index (χ2v) is 13.4. The zero-order valence-electron chi connectivity index (χ0n) is 27.6. The Morgan fingerprint density at radius 2 is 0.900 bits per heavy atom. The molecule has 0 saturated heterocycles. The molecule has 0 radical (unpaired) electrons. The van der Waals surface area contributed by atoms with Crippen LogP contribution in [0.3, 0.4) is 0 Å². The number of hydrogen-bond donors (Lipinski definition) is 0. The predicted molar refractivity (Wildman–Crippen MR) is 212 cm³/mol. The molecule has 10 rings (SSSR count). The van der Waals surface area contributed by atoms with Gasteiger partial charge in [0.05, 0.1) is 22.4 Å². The van der Waals surface area contributed by atoms with E-state index in [1.807, 2.05) is 0 Å². The van der Waals surface area contributed by atoms with Crippen LogP contribution in [0.15, 0.2) is 182 Å². The maximum atomic E-state index is 2.47. The molecule has 0 N–H and O–H groups in total. The third-order valence-corrected chi connectivity index (χ3v) is 10.3. The molecule has 2 heteroatoms. The van der Waals surface area contributed by atoms with Crippen molar-refractivity contribution in [2.24, 2.45) is 0 Å². The van der Waals surface area contributed by atoms with Crippen LogP contribution in [0.5, 0.6) is 0 Å². The minimum Gasteiger partial charge on any atom is -0.310 e. The van der Waals surface area contributed by atoms with E-state index in [1.165, 1.54) is 82.7 Å². The van der Waals surface area contributed by atoms with Gasteiger partial charge >= 0.3 is 0 Å². The molecule has 9 aromatic rings. The van der Waals surface area contributed by atoms with Crippen molar-refractivity contribution in [3.05, 3.63) is 188 Å². The number of hydrogen-bond acceptors (Lipinski definition) is 0. The van der Waals surface area contributed by atoms with Crippen molar-refractivity contribution in [1.82, 2.24) is 9.13 Å². The van der Waals surface area contributed by atoms with Gasteiger partial charge < -0.3 is 9.13 Å². The second-order valence-electron chi connectivity index (χ2n) is 13.4. The second kappa shape index (κ2) is 11.6. The maximum absolute atomic E-state index is 2.47. The van der Waals surface area contributed by atoms with Crippen molar-refractivity contribution >= 4 is 48.9 Å². The molecule has 7 aromatic carbocycles. The van der Waals surface area contributed by atoms with Gasteiger partial charge in [-0.15, -0.1) is 0 Å². The Labute approximate surface area is 291 Å². The van der Waals surface area contributed by atoms with Crippen LogP contribution in [0, 0.1) is 0 Å². The molecule has 0 bridgehead atoms. The van der Waals surface area contributed by atoms with E-state index in [4.69, 9.17) is 0 Å². The van der Waals surface area contributed by atoms with Gasteiger partial charge in [-0.05, 0) is 105 Å². The predicted octanol–water partition coefficient (Wildman–Crippen LogP) is 12.9. The fourth-order valence-corrected chi connectivity index (χ4v) is 7.82. The first kappa shape index (κ1) is 28.6. The molecule has 1 aliphatic carbocycles. The summed E-state index contributed by atoms with van der Waals surface area (Å²) in [5.41, 5.74) is 12.2. The van der Waals surface area contributed by atoms with E-state index < -0.39 is 0 Å². The first-order chi connectivity index (χ1) is 24.8. The Bertz CT molecular complexity index is 2810. The molecular weight excluding hydrogens is 605 g/mol. The summed E-state index contributed by atoms with van der Waals surface area (Å²) >= 11 is 0. The van der Waals surface area contributed by atoms with Crippen LogP contribution in [-0.4, -0.2) is 9.13 Å². The Balaban J connectivity index is 1.18. The molecular formula is C48H34N2. The smallest absolute Gasteiger partial charge is 0.0541 e. The Kier molecular flexibility index (Phi) is 6.67. The highest BCUT2D eigenvalue weighted by atomic mass is 15.0. The number of rotatable bonds is 5. The molecule has 0 atom stereocenters. The van der Waals surface area contributed by atoms with Crippen molar-refractivity contribution < 1.29 is 0 Å². The summed E-state index contributed by atoms with van der Waals surface area (Å²) in [5.74, 6) is 0. The highest BCUT2D eigenvalue weighted by molar-refractivity contribution is 5.96. The average Bonchev–Trinajstić information content (AvgIpc) is 3.77. The normalized spacial score (nSPS) is 13.1. The zero-order valence-corrected chi connectivity index (χ0v) is 27.6. The van der Waals surface area contributed by atoms with E-state index in [9.17, 15) is 0 Å². The van der Waals surface area contributed by atoms with E-state index in [0.29, 0.717) is 0 Å². The third-order valence-electron chi connectivity index (χ3n) is 10.3. The molecule has 0 amide bonds. The Morgan fingerprint density at radius 3 is 1.48 bits per heavy atom. The van der Waals surface area contributed by atoms with Gasteiger partial charge in [0.25, 0.3) is 0 Å². The van der Waals surface area contributed by atoms with E-state index in [2.05, 4.69) is 191 Å². The largest absolute Gasteiger partial charge is 0.310 e. The van der Waals surface area contributed by atoms with E-state index >= 15 is 0 Å². The lowest BCUT2D eigenvalue weighted by Gasteiger charge is -2.16. The number of benzene rings is 7. The van der Waals surface area contributed by atoms with Gasteiger partial charge in [-0.3, -0.25) is 0 Å². The lowest BCUT2D eigenvalue weighted by Crippen LogP contribution is -2.01. The van der Waals surface area contributed by atoms with E-state index in [0.717, 1.165) is 18.5 Å². The minimum atomic E-state index is 1.04. The summed E-state index contributed by atoms with van der Waals surface area (Å²) in [6.45, 7) is 0. The molecule has 0 fully saturated rings. The molecule has 0 unspecified atom stereocenters. The van der Waals surface area contributed by atoms with Gasteiger partial charge in [0.15, 0.2) is 0 Å². The molecule has 0 aliphatic heterocycles. The average molecular weight is 639 g/mol. The van der Waals surface area contributed by atoms with E-state index in [-0.39, 0.29) is 0 Å². The lowest BCUT2D eigenvalue weighted by molar-refractivity contribution is 1.01. The van der Waals surface area contributed by atoms with Crippen LogP contribution < -0.4 is 0 Å². The first-order valence-electron chi connectivity index (χ1n) is 17.5. The fraction of sp³-hybridized carbons (Fsp3) is 0.0417. The van der Waals surface area contributed by atoms with Crippen LogP contribution >= 0.6 is 0 Å². The standard InChI is InChI=1S/C48H34N2/c1-3-13-35(14-4-1)45-31-41-21-19-39(29-47(41)49(45)43-25-23-33-11-7-9-17-37(33)27-43)40-20-22-42-32-46(36-15-5-2-6-16-36)50(48(42)30-40)44-26-24-34-12-8-10-18-38(34)28-44/h1-5,7-15,17-32H,6,16H2. The van der Waals surface area contributed by atoms with Gasteiger partial charge in [-0.1, -0.05) is 133 Å².